The molecule has 5 heteroatoms. The molecule has 0 saturated heterocycles. The number of hydrogen-bond donors (Lipinski definition) is 0. The van der Waals surface area contributed by atoms with Gasteiger partial charge in [0.2, 0.25) is 0 Å². The van der Waals surface area contributed by atoms with Gasteiger partial charge in [-0.25, -0.2) is 0 Å². The summed E-state index contributed by atoms with van der Waals surface area (Å²) in [7, 11) is 1.57. The standard InChI is InChI=1S/C17H18ClN3O/c1-10-6-16-13(17(7-10)21-22-3)9-15(19-20-16)12-4-5-14(18)11(2)8-12/h4-5,8-10H,6-7H2,1-3H3/b21-17+/t10-/m0/s1. The maximum Gasteiger partial charge on any atom is 0.106 e. The summed E-state index contributed by atoms with van der Waals surface area (Å²) >= 11 is 6.09. The number of nitrogens with zero attached hydrogens (tertiary/aromatic N) is 3. The van der Waals surface area contributed by atoms with Gasteiger partial charge in [-0.2, -0.15) is 10.2 Å². The number of hydrogen-bond acceptors (Lipinski definition) is 4. The normalized spacial score (nSPS) is 19.1. The molecule has 0 fully saturated rings. The number of halogens is 1. The van der Waals surface area contributed by atoms with Gasteiger partial charge in [-0.15, -0.1) is 0 Å². The molecule has 1 atom stereocenters. The molecule has 0 saturated carbocycles. The van der Waals surface area contributed by atoms with Crippen molar-refractivity contribution in [1.29, 1.82) is 0 Å². The highest BCUT2D eigenvalue weighted by Gasteiger charge is 2.24. The van der Waals surface area contributed by atoms with Gasteiger partial charge in [0.25, 0.3) is 0 Å². The van der Waals surface area contributed by atoms with Crippen LogP contribution in [0.25, 0.3) is 11.3 Å². The monoisotopic (exact) mass is 315 g/mol. The SMILES string of the molecule is CO/N=C1\C[C@@H](C)Cc2nnc(-c3ccc(Cl)c(C)c3)cc21. The van der Waals surface area contributed by atoms with E-state index in [1.165, 1.54) is 0 Å². The van der Waals surface area contributed by atoms with Crippen LogP contribution < -0.4 is 0 Å². The van der Waals surface area contributed by atoms with Crippen molar-refractivity contribution >= 4 is 17.3 Å². The second-order valence-corrected chi connectivity index (χ2v) is 6.20. The molecule has 114 valence electrons. The van der Waals surface area contributed by atoms with Crippen LogP contribution >= 0.6 is 11.6 Å². The average Bonchev–Trinajstić information content (AvgIpc) is 2.50. The van der Waals surface area contributed by atoms with Crippen LogP contribution in [0.15, 0.2) is 29.4 Å². The Balaban J connectivity index is 2.07. The summed E-state index contributed by atoms with van der Waals surface area (Å²) in [4.78, 5) is 4.99. The van der Waals surface area contributed by atoms with Crippen molar-refractivity contribution in [1.82, 2.24) is 10.2 Å². The zero-order valence-corrected chi connectivity index (χ0v) is 13.7. The first-order chi connectivity index (χ1) is 10.6. The van der Waals surface area contributed by atoms with Crippen LogP contribution in [0.2, 0.25) is 5.02 Å². The first-order valence-corrected chi connectivity index (χ1v) is 7.69. The lowest BCUT2D eigenvalue weighted by molar-refractivity contribution is 0.212. The Morgan fingerprint density at radius 1 is 1.23 bits per heavy atom. The van der Waals surface area contributed by atoms with Crippen LogP contribution in [0, 0.1) is 12.8 Å². The van der Waals surface area contributed by atoms with Gasteiger partial charge in [-0.1, -0.05) is 29.7 Å². The molecule has 1 heterocycles. The van der Waals surface area contributed by atoms with Gasteiger partial charge in [-0.3, -0.25) is 0 Å². The third-order valence-electron chi connectivity index (χ3n) is 3.92. The largest absolute Gasteiger partial charge is 0.399 e. The molecule has 0 amide bonds. The quantitative estimate of drug-likeness (QED) is 0.786. The number of aromatic nitrogens is 2. The molecule has 0 N–H and O–H groups in total. The van der Waals surface area contributed by atoms with E-state index in [1.54, 1.807) is 7.11 Å². The zero-order valence-electron chi connectivity index (χ0n) is 12.9. The third kappa shape index (κ3) is 2.83. The van der Waals surface area contributed by atoms with E-state index >= 15 is 0 Å². The molecular weight excluding hydrogens is 298 g/mol. The Bertz CT molecular complexity index is 743. The van der Waals surface area contributed by atoms with E-state index < -0.39 is 0 Å². The zero-order chi connectivity index (χ0) is 15.7. The van der Waals surface area contributed by atoms with Gasteiger partial charge in [0.1, 0.15) is 7.11 Å². The van der Waals surface area contributed by atoms with Crippen molar-refractivity contribution in [2.75, 3.05) is 7.11 Å². The lowest BCUT2D eigenvalue weighted by Crippen LogP contribution is -2.21. The van der Waals surface area contributed by atoms with Gasteiger partial charge in [0.05, 0.1) is 17.1 Å². The molecular formula is C17H18ClN3O. The third-order valence-corrected chi connectivity index (χ3v) is 4.34. The Hall–Kier alpha value is -1.94. The van der Waals surface area contributed by atoms with Crippen molar-refractivity contribution in [2.24, 2.45) is 11.1 Å². The Kier molecular flexibility index (Phi) is 4.12. The minimum absolute atomic E-state index is 0.499. The van der Waals surface area contributed by atoms with E-state index in [9.17, 15) is 0 Å². The van der Waals surface area contributed by atoms with Crippen molar-refractivity contribution in [2.45, 2.75) is 26.7 Å². The topological polar surface area (TPSA) is 47.4 Å². The van der Waals surface area contributed by atoms with Gasteiger partial charge < -0.3 is 4.84 Å². The van der Waals surface area contributed by atoms with Crippen molar-refractivity contribution in [3.63, 3.8) is 0 Å². The summed E-state index contributed by atoms with van der Waals surface area (Å²) in [5, 5.41) is 13.7. The molecule has 1 aromatic carbocycles. The molecule has 0 spiro atoms. The first kappa shape index (κ1) is 15.0. The van der Waals surface area contributed by atoms with Gasteiger partial charge in [0.15, 0.2) is 0 Å². The fourth-order valence-corrected chi connectivity index (χ4v) is 2.92. The number of benzene rings is 1. The minimum Gasteiger partial charge on any atom is -0.399 e. The van der Waals surface area contributed by atoms with Crippen molar-refractivity contribution < 1.29 is 4.84 Å². The van der Waals surface area contributed by atoms with Crippen LogP contribution in [0.1, 0.15) is 30.2 Å². The second-order valence-electron chi connectivity index (χ2n) is 5.79. The molecule has 3 rings (SSSR count). The Morgan fingerprint density at radius 3 is 2.77 bits per heavy atom. The molecule has 22 heavy (non-hydrogen) atoms. The molecule has 1 aromatic heterocycles. The van der Waals surface area contributed by atoms with Crippen LogP contribution in [-0.4, -0.2) is 23.0 Å². The number of aryl methyl sites for hydroxylation is 1. The Morgan fingerprint density at radius 2 is 2.05 bits per heavy atom. The summed E-state index contributed by atoms with van der Waals surface area (Å²) in [5.41, 5.74) is 5.84. The molecule has 0 unspecified atom stereocenters. The second kappa shape index (κ2) is 6.05. The smallest absolute Gasteiger partial charge is 0.106 e. The molecule has 0 bridgehead atoms. The van der Waals surface area contributed by atoms with E-state index in [0.717, 1.165) is 51.7 Å². The summed E-state index contributed by atoms with van der Waals surface area (Å²) in [6, 6.07) is 7.93. The molecule has 1 aliphatic carbocycles. The molecule has 1 aliphatic rings. The fraction of sp³-hybridized carbons (Fsp3) is 0.353. The van der Waals surface area contributed by atoms with Crippen molar-refractivity contribution in [3.05, 3.63) is 46.1 Å². The predicted octanol–water partition coefficient (Wildman–Crippen LogP) is 4.04. The van der Waals surface area contributed by atoms with Crippen LogP contribution in [0.4, 0.5) is 0 Å². The Labute approximate surface area is 135 Å². The average molecular weight is 316 g/mol. The predicted molar refractivity (Wildman–Crippen MR) is 88.2 cm³/mol. The number of oxime groups is 1. The van der Waals surface area contributed by atoms with Crippen LogP contribution in [-0.2, 0) is 11.3 Å². The van der Waals surface area contributed by atoms with Gasteiger partial charge in [0, 0.05) is 16.1 Å². The summed E-state index contributed by atoms with van der Waals surface area (Å²) < 4.78 is 0. The lowest BCUT2D eigenvalue weighted by atomic mass is 9.86. The van der Waals surface area contributed by atoms with Gasteiger partial charge >= 0.3 is 0 Å². The van der Waals surface area contributed by atoms with Gasteiger partial charge in [-0.05, 0) is 49.4 Å². The van der Waals surface area contributed by atoms with E-state index in [2.05, 4.69) is 28.3 Å². The van der Waals surface area contributed by atoms with Crippen molar-refractivity contribution in [3.8, 4) is 11.3 Å². The summed E-state index contributed by atoms with van der Waals surface area (Å²) in [6.45, 7) is 4.17. The highest BCUT2D eigenvalue weighted by Crippen LogP contribution is 2.28. The van der Waals surface area contributed by atoms with E-state index in [4.69, 9.17) is 16.4 Å². The highest BCUT2D eigenvalue weighted by molar-refractivity contribution is 6.31. The highest BCUT2D eigenvalue weighted by atomic mass is 35.5. The molecule has 2 aromatic rings. The summed E-state index contributed by atoms with van der Waals surface area (Å²) in [6.07, 6.45) is 1.82. The number of fused-ring (bicyclic) bond motifs is 1. The molecule has 0 radical (unpaired) electrons. The maximum absolute atomic E-state index is 6.09. The lowest BCUT2D eigenvalue weighted by Gasteiger charge is -2.21. The minimum atomic E-state index is 0.499. The van der Waals surface area contributed by atoms with E-state index in [1.807, 2.05) is 25.1 Å². The van der Waals surface area contributed by atoms with E-state index in [-0.39, 0.29) is 0 Å². The van der Waals surface area contributed by atoms with Crippen LogP contribution in [0.3, 0.4) is 0 Å². The van der Waals surface area contributed by atoms with E-state index in [0.29, 0.717) is 5.92 Å². The number of rotatable bonds is 2. The summed E-state index contributed by atoms with van der Waals surface area (Å²) in [5.74, 6) is 0.499. The fourth-order valence-electron chi connectivity index (χ4n) is 2.80. The molecule has 4 nitrogen and oxygen atoms in total. The van der Waals surface area contributed by atoms with Crippen LogP contribution in [0.5, 0.6) is 0 Å². The maximum atomic E-state index is 6.09. The first-order valence-electron chi connectivity index (χ1n) is 7.32. The molecule has 0 aliphatic heterocycles.